The Morgan fingerprint density at radius 2 is 1.94 bits per heavy atom. The molecule has 2 rings (SSSR count). The minimum absolute atomic E-state index is 0.0207. The van der Waals surface area contributed by atoms with Crippen molar-refractivity contribution in [2.75, 3.05) is 20.3 Å². The quantitative estimate of drug-likeness (QED) is 0.196. The van der Waals surface area contributed by atoms with Gasteiger partial charge in [0.25, 0.3) is 0 Å². The Kier molecular flexibility index (Phi) is 10.2. The lowest BCUT2D eigenvalue weighted by Crippen LogP contribution is -2.29. The van der Waals surface area contributed by atoms with Crippen LogP contribution in [0, 0.1) is 8.99 Å². The lowest BCUT2D eigenvalue weighted by Gasteiger charge is -2.34. The van der Waals surface area contributed by atoms with Gasteiger partial charge in [-0.2, -0.15) is 0 Å². The molecule has 176 valence electrons. The Bertz CT molecular complexity index is 981. The fourth-order valence-electron chi connectivity index (χ4n) is 3.68. The average molecular weight is 574 g/mol. The molecule has 0 bridgehead atoms. The highest BCUT2D eigenvalue weighted by molar-refractivity contribution is 14.1. The first-order chi connectivity index (χ1) is 15.1. The standard InChI is InChI=1S/C25H33ClINO4/c1-6-32-24(30)19-16-28(11-10-22(19)29)23(25(2,3)4)14-18-13-17(9-7-8-12-31-5)20(26)15-21(18)27/h10-11,13,15-16,23H,6-9,12,14H2,1-5H3. The molecule has 7 heteroatoms. The molecule has 5 nitrogen and oxygen atoms in total. The van der Waals surface area contributed by atoms with Gasteiger partial charge in [-0.15, -0.1) is 0 Å². The Hall–Kier alpha value is -1.38. The maximum Gasteiger partial charge on any atom is 0.343 e. The van der Waals surface area contributed by atoms with Gasteiger partial charge in [-0.3, -0.25) is 4.79 Å². The summed E-state index contributed by atoms with van der Waals surface area (Å²) in [5.41, 5.74) is 1.95. The molecule has 0 spiro atoms. The van der Waals surface area contributed by atoms with Crippen LogP contribution in [0.1, 0.15) is 68.1 Å². The van der Waals surface area contributed by atoms with Gasteiger partial charge in [-0.1, -0.05) is 38.4 Å². The number of hydrogen-bond donors (Lipinski definition) is 0. The Morgan fingerprint density at radius 1 is 1.22 bits per heavy atom. The van der Waals surface area contributed by atoms with E-state index in [1.54, 1.807) is 26.4 Å². The van der Waals surface area contributed by atoms with Gasteiger partial charge in [0.1, 0.15) is 5.56 Å². The van der Waals surface area contributed by atoms with Crippen molar-refractivity contribution >= 4 is 40.2 Å². The molecule has 2 aromatic rings. The van der Waals surface area contributed by atoms with Crippen LogP contribution in [0.25, 0.3) is 0 Å². The number of aromatic nitrogens is 1. The maximum atomic E-state index is 12.3. The number of nitrogens with zero attached hydrogens (tertiary/aromatic N) is 1. The van der Waals surface area contributed by atoms with E-state index in [1.807, 2.05) is 10.6 Å². The summed E-state index contributed by atoms with van der Waals surface area (Å²) in [6.45, 7) is 9.19. The second-order valence-corrected chi connectivity index (χ2v) is 10.5. The van der Waals surface area contributed by atoms with Crippen molar-refractivity contribution in [2.45, 2.75) is 59.4 Å². The monoisotopic (exact) mass is 573 g/mol. The third-order valence-electron chi connectivity index (χ3n) is 5.47. The number of halogens is 2. The number of unbranched alkanes of at least 4 members (excludes halogenated alkanes) is 1. The summed E-state index contributed by atoms with van der Waals surface area (Å²) in [7, 11) is 1.72. The van der Waals surface area contributed by atoms with Crippen LogP contribution >= 0.6 is 34.2 Å². The van der Waals surface area contributed by atoms with Crippen LogP contribution < -0.4 is 5.43 Å². The zero-order valence-corrected chi connectivity index (χ0v) is 22.5. The van der Waals surface area contributed by atoms with Crippen molar-refractivity contribution in [1.29, 1.82) is 0 Å². The number of pyridine rings is 1. The van der Waals surface area contributed by atoms with E-state index in [0.717, 1.165) is 46.4 Å². The molecule has 0 N–H and O–H groups in total. The fraction of sp³-hybridized carbons (Fsp3) is 0.520. The van der Waals surface area contributed by atoms with Crippen molar-refractivity contribution in [3.05, 3.63) is 66.1 Å². The molecule has 0 saturated heterocycles. The summed E-state index contributed by atoms with van der Waals surface area (Å²) >= 11 is 8.86. The zero-order chi connectivity index (χ0) is 23.9. The zero-order valence-electron chi connectivity index (χ0n) is 19.5. The Labute approximate surface area is 209 Å². The number of ether oxygens (including phenoxy) is 2. The van der Waals surface area contributed by atoms with Gasteiger partial charge in [0.2, 0.25) is 0 Å². The second kappa shape index (κ2) is 12.2. The first kappa shape index (κ1) is 26.9. The Balaban J connectivity index is 2.39. The van der Waals surface area contributed by atoms with Crippen LogP contribution in [-0.4, -0.2) is 30.9 Å². The third kappa shape index (κ3) is 7.32. The molecule has 1 aromatic heterocycles. The van der Waals surface area contributed by atoms with Crippen LogP contribution in [0.5, 0.6) is 0 Å². The molecule has 0 aliphatic heterocycles. The molecule has 1 aromatic carbocycles. The molecule has 0 saturated carbocycles. The van der Waals surface area contributed by atoms with Gasteiger partial charge in [0.15, 0.2) is 5.43 Å². The maximum absolute atomic E-state index is 12.3. The minimum Gasteiger partial charge on any atom is -0.462 e. The van der Waals surface area contributed by atoms with Gasteiger partial charge in [0, 0.05) is 46.8 Å². The van der Waals surface area contributed by atoms with E-state index in [-0.39, 0.29) is 29.1 Å². The van der Waals surface area contributed by atoms with Crippen molar-refractivity contribution in [3.63, 3.8) is 0 Å². The van der Waals surface area contributed by atoms with E-state index in [2.05, 4.69) is 49.4 Å². The van der Waals surface area contributed by atoms with E-state index in [4.69, 9.17) is 21.1 Å². The number of rotatable bonds is 10. The molecule has 0 aliphatic rings. The molecule has 32 heavy (non-hydrogen) atoms. The topological polar surface area (TPSA) is 57.5 Å². The number of hydrogen-bond acceptors (Lipinski definition) is 4. The van der Waals surface area contributed by atoms with Gasteiger partial charge < -0.3 is 14.0 Å². The molecule has 1 atom stereocenters. The van der Waals surface area contributed by atoms with Crippen LogP contribution in [0.2, 0.25) is 5.02 Å². The van der Waals surface area contributed by atoms with Crippen LogP contribution in [0.4, 0.5) is 0 Å². The summed E-state index contributed by atoms with van der Waals surface area (Å²) in [5, 5.41) is 0.788. The molecule has 1 unspecified atom stereocenters. The van der Waals surface area contributed by atoms with E-state index < -0.39 is 5.97 Å². The van der Waals surface area contributed by atoms with Crippen molar-refractivity contribution in [1.82, 2.24) is 4.57 Å². The molecule has 0 amide bonds. The normalized spacial score (nSPS) is 12.6. The van der Waals surface area contributed by atoms with Gasteiger partial charge >= 0.3 is 5.97 Å². The number of carbonyl (C=O) groups excluding carboxylic acids is 1. The van der Waals surface area contributed by atoms with Crippen molar-refractivity contribution in [3.8, 4) is 0 Å². The van der Waals surface area contributed by atoms with E-state index in [0.29, 0.717) is 0 Å². The molecule has 0 radical (unpaired) electrons. The van der Waals surface area contributed by atoms with E-state index >= 15 is 0 Å². The first-order valence-corrected chi connectivity index (χ1v) is 12.4. The van der Waals surface area contributed by atoms with E-state index in [1.165, 1.54) is 11.6 Å². The van der Waals surface area contributed by atoms with Crippen molar-refractivity contribution in [2.24, 2.45) is 5.41 Å². The lowest BCUT2D eigenvalue weighted by atomic mass is 9.82. The van der Waals surface area contributed by atoms with Crippen molar-refractivity contribution < 1.29 is 14.3 Å². The lowest BCUT2D eigenvalue weighted by molar-refractivity contribution is 0.0523. The number of esters is 1. The molecular formula is C25H33ClINO4. The molecule has 0 fully saturated rings. The highest BCUT2D eigenvalue weighted by Gasteiger charge is 2.28. The Morgan fingerprint density at radius 3 is 2.56 bits per heavy atom. The summed E-state index contributed by atoms with van der Waals surface area (Å²) < 4.78 is 13.3. The highest BCUT2D eigenvalue weighted by Crippen LogP contribution is 2.36. The van der Waals surface area contributed by atoms with Gasteiger partial charge in [0.05, 0.1) is 6.61 Å². The predicted molar refractivity (Wildman–Crippen MR) is 138 cm³/mol. The van der Waals surface area contributed by atoms with E-state index in [9.17, 15) is 9.59 Å². The number of aryl methyl sites for hydroxylation is 1. The summed E-state index contributed by atoms with van der Waals surface area (Å²) in [6, 6.07) is 5.69. The molecular weight excluding hydrogens is 541 g/mol. The summed E-state index contributed by atoms with van der Waals surface area (Å²) in [5.74, 6) is -0.584. The second-order valence-electron chi connectivity index (χ2n) is 8.96. The first-order valence-electron chi connectivity index (χ1n) is 10.9. The SMILES string of the molecule is CCOC(=O)c1cn(C(Cc2cc(CCCCOC)c(Cl)cc2I)C(C)(C)C)ccc1=O. The summed E-state index contributed by atoms with van der Waals surface area (Å²) in [4.78, 5) is 24.5. The highest BCUT2D eigenvalue weighted by atomic mass is 127. The van der Waals surface area contributed by atoms with Crippen LogP contribution in [-0.2, 0) is 22.3 Å². The molecule has 1 heterocycles. The number of methoxy groups -OCH3 is 1. The van der Waals surface area contributed by atoms with Crippen LogP contribution in [0.3, 0.4) is 0 Å². The van der Waals surface area contributed by atoms with Crippen LogP contribution in [0.15, 0.2) is 35.4 Å². The fourth-order valence-corrected chi connectivity index (χ4v) is 4.81. The largest absolute Gasteiger partial charge is 0.462 e. The average Bonchev–Trinajstić information content (AvgIpc) is 2.71. The van der Waals surface area contributed by atoms with Gasteiger partial charge in [-0.05, 0) is 77.8 Å². The predicted octanol–water partition coefficient (Wildman–Crippen LogP) is 6.08. The summed E-state index contributed by atoms with van der Waals surface area (Å²) in [6.07, 6.45) is 7.04. The minimum atomic E-state index is -0.584. The third-order valence-corrected chi connectivity index (χ3v) is 6.83. The smallest absolute Gasteiger partial charge is 0.343 e. The molecule has 0 aliphatic carbocycles. The number of carbonyl (C=O) groups is 1. The number of benzene rings is 1. The van der Waals surface area contributed by atoms with Gasteiger partial charge in [-0.25, -0.2) is 4.79 Å².